The predicted molar refractivity (Wildman–Crippen MR) is 68.9 cm³/mol. The Morgan fingerprint density at radius 2 is 2.11 bits per heavy atom. The Bertz CT molecular complexity index is 344. The molecule has 1 atom stereocenters. The molecule has 0 aromatic heterocycles. The van der Waals surface area contributed by atoms with Crippen LogP contribution in [0.25, 0.3) is 10.4 Å². The number of hydrogen-bond donors (Lipinski definition) is 0. The third-order valence-electron chi connectivity index (χ3n) is 4.01. The minimum absolute atomic E-state index is 0.222. The standard InChI is InChI=1S/C12H21N5O/c1-16-4-2-10(3-5-16)8-17-9-11(6-12(17)18)7-14-15-13/h10-11H,2-9H2,1H3. The van der Waals surface area contributed by atoms with Crippen LogP contribution < -0.4 is 0 Å². The van der Waals surface area contributed by atoms with Crippen LogP contribution in [0.4, 0.5) is 0 Å². The lowest BCUT2D eigenvalue weighted by molar-refractivity contribution is -0.128. The first-order chi connectivity index (χ1) is 8.69. The van der Waals surface area contributed by atoms with Crippen LogP contribution in [0.2, 0.25) is 0 Å². The summed E-state index contributed by atoms with van der Waals surface area (Å²) in [6, 6.07) is 0. The minimum atomic E-state index is 0.222. The molecular formula is C12H21N5O. The molecule has 0 spiro atoms. The van der Waals surface area contributed by atoms with E-state index >= 15 is 0 Å². The number of carbonyl (C=O) groups is 1. The van der Waals surface area contributed by atoms with Crippen LogP contribution >= 0.6 is 0 Å². The van der Waals surface area contributed by atoms with E-state index in [4.69, 9.17) is 5.53 Å². The van der Waals surface area contributed by atoms with Crippen LogP contribution in [-0.2, 0) is 4.79 Å². The van der Waals surface area contributed by atoms with Gasteiger partial charge in [-0.05, 0) is 50.3 Å². The van der Waals surface area contributed by atoms with Crippen LogP contribution in [0, 0.1) is 11.8 Å². The Kier molecular flexibility index (Phi) is 4.44. The van der Waals surface area contributed by atoms with Gasteiger partial charge in [-0.25, -0.2) is 0 Å². The quantitative estimate of drug-likeness (QED) is 0.431. The average molecular weight is 251 g/mol. The summed E-state index contributed by atoms with van der Waals surface area (Å²) < 4.78 is 0. The van der Waals surface area contributed by atoms with Gasteiger partial charge in [0.25, 0.3) is 0 Å². The van der Waals surface area contributed by atoms with Gasteiger partial charge in [-0.2, -0.15) is 0 Å². The molecule has 2 aliphatic rings. The highest BCUT2D eigenvalue weighted by Crippen LogP contribution is 2.23. The van der Waals surface area contributed by atoms with Crippen molar-refractivity contribution in [2.45, 2.75) is 19.3 Å². The third-order valence-corrected chi connectivity index (χ3v) is 4.01. The van der Waals surface area contributed by atoms with Crippen molar-refractivity contribution in [3.8, 4) is 0 Å². The number of amides is 1. The highest BCUT2D eigenvalue weighted by molar-refractivity contribution is 5.78. The third kappa shape index (κ3) is 3.37. The highest BCUT2D eigenvalue weighted by Gasteiger charge is 2.31. The summed E-state index contributed by atoms with van der Waals surface area (Å²) in [4.78, 5) is 18.9. The zero-order chi connectivity index (χ0) is 13.0. The predicted octanol–water partition coefficient (Wildman–Crippen LogP) is 1.49. The molecule has 2 aliphatic heterocycles. The molecule has 1 amide bonds. The Morgan fingerprint density at radius 3 is 2.78 bits per heavy atom. The maximum atomic E-state index is 11.9. The maximum absolute atomic E-state index is 11.9. The summed E-state index contributed by atoms with van der Waals surface area (Å²) in [5.74, 6) is 1.09. The molecule has 2 heterocycles. The van der Waals surface area contributed by atoms with E-state index in [1.807, 2.05) is 4.90 Å². The second-order valence-corrected chi connectivity index (χ2v) is 5.53. The molecule has 0 aliphatic carbocycles. The van der Waals surface area contributed by atoms with E-state index in [0.29, 0.717) is 18.9 Å². The fourth-order valence-corrected chi connectivity index (χ4v) is 2.86. The molecule has 0 aromatic carbocycles. The van der Waals surface area contributed by atoms with E-state index in [9.17, 15) is 4.79 Å². The van der Waals surface area contributed by atoms with Crippen LogP contribution in [-0.4, -0.2) is 55.5 Å². The van der Waals surface area contributed by atoms with Gasteiger partial charge in [-0.15, -0.1) is 0 Å². The highest BCUT2D eigenvalue weighted by atomic mass is 16.2. The van der Waals surface area contributed by atoms with Gasteiger partial charge in [-0.3, -0.25) is 4.79 Å². The lowest BCUT2D eigenvalue weighted by Gasteiger charge is -2.31. The number of hydrogen-bond acceptors (Lipinski definition) is 3. The summed E-state index contributed by atoms with van der Waals surface area (Å²) in [5.41, 5.74) is 8.30. The van der Waals surface area contributed by atoms with Gasteiger partial charge in [0.05, 0.1) is 0 Å². The maximum Gasteiger partial charge on any atom is 0.222 e. The first kappa shape index (κ1) is 13.2. The monoisotopic (exact) mass is 251 g/mol. The fourth-order valence-electron chi connectivity index (χ4n) is 2.86. The second kappa shape index (κ2) is 6.07. The Labute approximate surface area is 108 Å². The van der Waals surface area contributed by atoms with Crippen molar-refractivity contribution in [3.63, 3.8) is 0 Å². The Balaban J connectivity index is 1.79. The van der Waals surface area contributed by atoms with Crippen molar-refractivity contribution >= 4 is 5.91 Å². The molecule has 0 aromatic rings. The molecule has 1 unspecified atom stereocenters. The molecule has 18 heavy (non-hydrogen) atoms. The van der Waals surface area contributed by atoms with Crippen molar-refractivity contribution in [1.82, 2.24) is 9.80 Å². The summed E-state index contributed by atoms with van der Waals surface area (Å²) in [6.07, 6.45) is 2.91. The number of carbonyl (C=O) groups excluding carboxylic acids is 1. The van der Waals surface area contributed by atoms with Crippen molar-refractivity contribution < 1.29 is 4.79 Å². The number of piperidine rings is 1. The molecule has 2 rings (SSSR count). The molecule has 0 bridgehead atoms. The van der Waals surface area contributed by atoms with Crippen molar-refractivity contribution in [1.29, 1.82) is 0 Å². The lowest BCUT2D eigenvalue weighted by Crippen LogP contribution is -2.37. The van der Waals surface area contributed by atoms with Crippen LogP contribution in [0.3, 0.4) is 0 Å². The van der Waals surface area contributed by atoms with E-state index in [0.717, 1.165) is 26.2 Å². The molecule has 2 saturated heterocycles. The van der Waals surface area contributed by atoms with Crippen molar-refractivity contribution in [2.75, 3.05) is 39.8 Å². The molecule has 6 heteroatoms. The fraction of sp³-hybridized carbons (Fsp3) is 0.917. The molecule has 0 N–H and O–H groups in total. The topological polar surface area (TPSA) is 72.3 Å². The molecular weight excluding hydrogens is 230 g/mol. The number of likely N-dealkylation sites (tertiary alicyclic amines) is 2. The largest absolute Gasteiger partial charge is 0.342 e. The first-order valence-corrected chi connectivity index (χ1v) is 6.66. The molecule has 0 saturated carbocycles. The van der Waals surface area contributed by atoms with Gasteiger partial charge < -0.3 is 9.80 Å². The summed E-state index contributed by atoms with van der Waals surface area (Å²) >= 11 is 0. The van der Waals surface area contributed by atoms with Crippen molar-refractivity contribution in [2.24, 2.45) is 17.0 Å². The first-order valence-electron chi connectivity index (χ1n) is 6.66. The van der Waals surface area contributed by atoms with Crippen molar-refractivity contribution in [3.05, 3.63) is 10.4 Å². The van der Waals surface area contributed by atoms with E-state index in [1.165, 1.54) is 12.8 Å². The zero-order valence-corrected chi connectivity index (χ0v) is 11.0. The van der Waals surface area contributed by atoms with Gasteiger partial charge in [-0.1, -0.05) is 5.11 Å². The number of nitrogens with zero attached hydrogens (tertiary/aromatic N) is 5. The molecule has 2 fully saturated rings. The van der Waals surface area contributed by atoms with Gasteiger partial charge in [0.1, 0.15) is 0 Å². The number of azide groups is 1. The summed E-state index contributed by atoms with van der Waals surface area (Å²) in [6.45, 7) is 4.37. The summed E-state index contributed by atoms with van der Waals surface area (Å²) in [7, 11) is 2.15. The normalized spacial score (nSPS) is 26.4. The van der Waals surface area contributed by atoms with E-state index in [1.54, 1.807) is 0 Å². The van der Waals surface area contributed by atoms with Gasteiger partial charge in [0.2, 0.25) is 5.91 Å². The van der Waals surface area contributed by atoms with Gasteiger partial charge >= 0.3 is 0 Å². The SMILES string of the molecule is CN1CCC(CN2CC(CN=[N+]=[N-])CC2=O)CC1. The molecule has 0 radical (unpaired) electrons. The van der Waals surface area contributed by atoms with Gasteiger partial charge in [0.15, 0.2) is 0 Å². The second-order valence-electron chi connectivity index (χ2n) is 5.53. The zero-order valence-electron chi connectivity index (χ0n) is 11.0. The minimum Gasteiger partial charge on any atom is -0.342 e. The molecule has 100 valence electrons. The van der Waals surface area contributed by atoms with E-state index < -0.39 is 0 Å². The Morgan fingerprint density at radius 1 is 1.39 bits per heavy atom. The van der Waals surface area contributed by atoms with Gasteiger partial charge in [0, 0.05) is 31.0 Å². The van der Waals surface area contributed by atoms with E-state index in [2.05, 4.69) is 22.0 Å². The summed E-state index contributed by atoms with van der Waals surface area (Å²) in [5, 5.41) is 3.57. The van der Waals surface area contributed by atoms with Crippen LogP contribution in [0.5, 0.6) is 0 Å². The van der Waals surface area contributed by atoms with Crippen LogP contribution in [0.1, 0.15) is 19.3 Å². The van der Waals surface area contributed by atoms with E-state index in [-0.39, 0.29) is 11.8 Å². The number of rotatable bonds is 4. The average Bonchev–Trinajstić information content (AvgIpc) is 2.70. The Hall–Kier alpha value is -1.26. The lowest BCUT2D eigenvalue weighted by atomic mass is 9.96. The smallest absolute Gasteiger partial charge is 0.222 e. The molecule has 6 nitrogen and oxygen atoms in total. The van der Waals surface area contributed by atoms with Crippen LogP contribution in [0.15, 0.2) is 5.11 Å².